The molecule has 0 saturated carbocycles. The van der Waals surface area contributed by atoms with Gasteiger partial charge in [-0.25, -0.2) is 8.78 Å². The molecule has 2 N–H and O–H groups in total. The van der Waals surface area contributed by atoms with Crippen LogP contribution in [0.2, 0.25) is 0 Å². The molecule has 0 radical (unpaired) electrons. The Morgan fingerprint density at radius 2 is 1.84 bits per heavy atom. The zero-order chi connectivity index (χ0) is 14.0. The molecule has 5 heteroatoms. The molecule has 1 aliphatic heterocycles. The highest BCUT2D eigenvalue weighted by atomic mass is 32.1. The van der Waals surface area contributed by atoms with Gasteiger partial charge in [-0.2, -0.15) is 0 Å². The van der Waals surface area contributed by atoms with Crippen LogP contribution in [-0.2, 0) is 6.54 Å². The van der Waals surface area contributed by atoms with Crippen LogP contribution in [0.25, 0.3) is 0 Å². The zero-order valence-corrected chi connectivity index (χ0v) is 11.8. The highest BCUT2D eigenvalue weighted by Gasteiger charge is 2.32. The smallest absolute Gasteiger partial charge is 0.130 e. The van der Waals surface area contributed by atoms with Gasteiger partial charge in [-0.15, -0.1) is 0 Å². The SMILES string of the molecule is CC1(C(N)=S)CCN(Cc2c(F)cccc2F)CC1. The first-order valence-electron chi connectivity index (χ1n) is 6.37. The molecular weight excluding hydrogens is 266 g/mol. The lowest BCUT2D eigenvalue weighted by Crippen LogP contribution is -2.44. The molecule has 0 atom stereocenters. The van der Waals surface area contributed by atoms with E-state index in [4.69, 9.17) is 18.0 Å². The molecule has 0 unspecified atom stereocenters. The van der Waals surface area contributed by atoms with E-state index in [1.165, 1.54) is 18.2 Å². The standard InChI is InChI=1S/C14H18F2N2S/c1-14(13(17)19)5-7-18(8-6-14)9-10-11(15)3-2-4-12(10)16/h2-4H,5-9H2,1H3,(H2,17,19). The molecule has 1 fully saturated rings. The van der Waals surface area contributed by atoms with Crippen molar-refractivity contribution in [3.8, 4) is 0 Å². The van der Waals surface area contributed by atoms with Crippen molar-refractivity contribution in [2.45, 2.75) is 26.3 Å². The maximum atomic E-state index is 13.6. The van der Waals surface area contributed by atoms with E-state index in [1.54, 1.807) is 0 Å². The molecule has 1 saturated heterocycles. The molecule has 1 heterocycles. The third-order valence-electron chi connectivity index (χ3n) is 4.00. The molecule has 2 nitrogen and oxygen atoms in total. The van der Waals surface area contributed by atoms with Gasteiger partial charge in [0.25, 0.3) is 0 Å². The van der Waals surface area contributed by atoms with Gasteiger partial charge in [0.15, 0.2) is 0 Å². The number of rotatable bonds is 3. The van der Waals surface area contributed by atoms with Crippen LogP contribution in [0.15, 0.2) is 18.2 Å². The summed E-state index contributed by atoms with van der Waals surface area (Å²) in [5, 5.41) is 0. The number of halogens is 2. The lowest BCUT2D eigenvalue weighted by Gasteiger charge is -2.38. The van der Waals surface area contributed by atoms with Crippen molar-refractivity contribution in [1.29, 1.82) is 0 Å². The summed E-state index contributed by atoms with van der Waals surface area (Å²) < 4.78 is 27.2. The third-order valence-corrected chi connectivity index (χ3v) is 4.49. The molecule has 0 bridgehead atoms. The summed E-state index contributed by atoms with van der Waals surface area (Å²) in [6.45, 7) is 3.85. The minimum Gasteiger partial charge on any atom is -0.393 e. The van der Waals surface area contributed by atoms with Gasteiger partial charge in [0.2, 0.25) is 0 Å². The number of piperidine rings is 1. The molecule has 104 valence electrons. The fourth-order valence-electron chi connectivity index (χ4n) is 2.36. The molecular formula is C14H18F2N2S. The Bertz CT molecular complexity index is 462. The zero-order valence-electron chi connectivity index (χ0n) is 11.0. The van der Waals surface area contributed by atoms with Gasteiger partial charge in [0.05, 0.1) is 4.99 Å². The Hall–Kier alpha value is -1.07. The van der Waals surface area contributed by atoms with Gasteiger partial charge in [0.1, 0.15) is 11.6 Å². The van der Waals surface area contributed by atoms with Crippen molar-refractivity contribution in [1.82, 2.24) is 4.90 Å². The summed E-state index contributed by atoms with van der Waals surface area (Å²) >= 11 is 5.08. The van der Waals surface area contributed by atoms with Crippen LogP contribution < -0.4 is 5.73 Å². The first-order valence-corrected chi connectivity index (χ1v) is 6.78. The number of nitrogens with zero attached hydrogens (tertiary/aromatic N) is 1. The van der Waals surface area contributed by atoms with Gasteiger partial charge in [-0.05, 0) is 38.1 Å². The second-order valence-corrected chi connectivity index (χ2v) is 5.84. The molecule has 1 aromatic carbocycles. The summed E-state index contributed by atoms with van der Waals surface area (Å²) in [4.78, 5) is 2.57. The van der Waals surface area contributed by atoms with E-state index in [1.807, 2.05) is 4.90 Å². The largest absolute Gasteiger partial charge is 0.393 e. The molecule has 0 aromatic heterocycles. The van der Waals surface area contributed by atoms with Crippen molar-refractivity contribution >= 4 is 17.2 Å². The molecule has 19 heavy (non-hydrogen) atoms. The maximum Gasteiger partial charge on any atom is 0.130 e. The van der Waals surface area contributed by atoms with E-state index < -0.39 is 11.6 Å². The van der Waals surface area contributed by atoms with Gasteiger partial charge < -0.3 is 5.73 Å². The van der Waals surface area contributed by atoms with Crippen molar-refractivity contribution in [3.05, 3.63) is 35.4 Å². The van der Waals surface area contributed by atoms with Crippen molar-refractivity contribution in [2.75, 3.05) is 13.1 Å². The van der Waals surface area contributed by atoms with E-state index in [0.29, 0.717) is 11.5 Å². The first-order chi connectivity index (χ1) is 8.92. The fourth-order valence-corrected chi connectivity index (χ4v) is 2.56. The maximum absolute atomic E-state index is 13.6. The number of nitrogens with two attached hydrogens (primary N) is 1. The summed E-state index contributed by atoms with van der Waals surface area (Å²) in [6, 6.07) is 3.97. The lowest BCUT2D eigenvalue weighted by molar-refractivity contribution is 0.155. The van der Waals surface area contributed by atoms with Crippen LogP contribution in [0.3, 0.4) is 0 Å². The number of hydrogen-bond donors (Lipinski definition) is 1. The quantitative estimate of drug-likeness (QED) is 0.865. The van der Waals surface area contributed by atoms with Gasteiger partial charge in [-0.1, -0.05) is 25.2 Å². The van der Waals surface area contributed by atoms with Crippen LogP contribution in [-0.4, -0.2) is 23.0 Å². The lowest BCUT2D eigenvalue weighted by atomic mass is 9.80. The Morgan fingerprint density at radius 3 is 2.32 bits per heavy atom. The summed E-state index contributed by atoms with van der Waals surface area (Å²) in [6.07, 6.45) is 1.66. The Kier molecular flexibility index (Phi) is 4.16. The predicted octanol–water partition coefficient (Wildman–Crippen LogP) is 2.85. The molecule has 2 rings (SSSR count). The van der Waals surface area contributed by atoms with E-state index in [2.05, 4.69) is 6.92 Å². The van der Waals surface area contributed by atoms with Crippen LogP contribution in [0.1, 0.15) is 25.3 Å². The van der Waals surface area contributed by atoms with Gasteiger partial charge in [-0.3, -0.25) is 4.90 Å². The summed E-state index contributed by atoms with van der Waals surface area (Å²) in [5.74, 6) is -0.967. The fraction of sp³-hybridized carbons (Fsp3) is 0.500. The topological polar surface area (TPSA) is 29.3 Å². The minimum atomic E-state index is -0.484. The average molecular weight is 284 g/mol. The van der Waals surface area contributed by atoms with Crippen LogP contribution in [0.5, 0.6) is 0 Å². The monoisotopic (exact) mass is 284 g/mol. The molecule has 1 aromatic rings. The Balaban J connectivity index is 2.02. The summed E-state index contributed by atoms with van der Waals surface area (Å²) in [5.41, 5.74) is 5.76. The van der Waals surface area contributed by atoms with Crippen molar-refractivity contribution < 1.29 is 8.78 Å². The molecule has 0 spiro atoms. The highest BCUT2D eigenvalue weighted by molar-refractivity contribution is 7.80. The van der Waals surface area contributed by atoms with E-state index >= 15 is 0 Å². The predicted molar refractivity (Wildman–Crippen MR) is 75.8 cm³/mol. The molecule has 1 aliphatic rings. The highest BCUT2D eigenvalue weighted by Crippen LogP contribution is 2.32. The number of benzene rings is 1. The summed E-state index contributed by atoms with van der Waals surface area (Å²) in [7, 11) is 0. The number of thiocarbonyl (C=S) groups is 1. The van der Waals surface area contributed by atoms with Crippen LogP contribution in [0, 0.1) is 17.0 Å². The first kappa shape index (κ1) is 14.3. The molecule has 0 amide bonds. The van der Waals surface area contributed by atoms with E-state index in [9.17, 15) is 8.78 Å². The number of likely N-dealkylation sites (tertiary alicyclic amines) is 1. The second kappa shape index (κ2) is 5.51. The third kappa shape index (κ3) is 3.09. The Morgan fingerprint density at radius 1 is 1.32 bits per heavy atom. The van der Waals surface area contributed by atoms with Crippen LogP contribution >= 0.6 is 12.2 Å². The van der Waals surface area contributed by atoms with E-state index in [0.717, 1.165) is 25.9 Å². The van der Waals surface area contributed by atoms with Crippen LogP contribution in [0.4, 0.5) is 8.78 Å². The van der Waals surface area contributed by atoms with Gasteiger partial charge >= 0.3 is 0 Å². The number of hydrogen-bond acceptors (Lipinski definition) is 2. The van der Waals surface area contributed by atoms with Crippen molar-refractivity contribution in [3.63, 3.8) is 0 Å². The minimum absolute atomic E-state index is 0.125. The average Bonchev–Trinajstić information content (AvgIpc) is 2.36. The normalized spacial score (nSPS) is 19.3. The molecule has 0 aliphatic carbocycles. The van der Waals surface area contributed by atoms with E-state index in [-0.39, 0.29) is 11.0 Å². The van der Waals surface area contributed by atoms with Crippen molar-refractivity contribution in [2.24, 2.45) is 11.1 Å². The van der Waals surface area contributed by atoms with Gasteiger partial charge in [0, 0.05) is 17.5 Å². The Labute approximate surface area is 117 Å². The second-order valence-electron chi connectivity index (χ2n) is 5.40.